The van der Waals surface area contributed by atoms with E-state index in [1.165, 1.54) is 0 Å². The van der Waals surface area contributed by atoms with Gasteiger partial charge in [0.05, 0.1) is 13.1 Å². The summed E-state index contributed by atoms with van der Waals surface area (Å²) < 4.78 is 3.87. The van der Waals surface area contributed by atoms with E-state index >= 15 is 0 Å². The number of aromatic nitrogens is 6. The number of guanidine groups is 1. The van der Waals surface area contributed by atoms with E-state index in [-0.39, 0.29) is 24.0 Å². The minimum Gasteiger partial charge on any atom is -0.349 e. The predicted molar refractivity (Wildman–Crippen MR) is 117 cm³/mol. The van der Waals surface area contributed by atoms with Gasteiger partial charge in [0.1, 0.15) is 6.33 Å². The number of aliphatic imine (C=N–C) groups is 1. The molecule has 0 aliphatic rings. The molecule has 0 aliphatic heterocycles. The van der Waals surface area contributed by atoms with Crippen LogP contribution >= 0.6 is 24.0 Å². The third-order valence-electron chi connectivity index (χ3n) is 4.09. The molecule has 144 valence electrons. The van der Waals surface area contributed by atoms with Crippen LogP contribution in [-0.4, -0.2) is 42.4 Å². The maximum absolute atomic E-state index is 4.25. The van der Waals surface area contributed by atoms with Gasteiger partial charge in [0.2, 0.25) is 0 Å². The minimum absolute atomic E-state index is 0. The molecule has 0 amide bonds. The second-order valence-corrected chi connectivity index (χ2v) is 5.78. The van der Waals surface area contributed by atoms with E-state index in [9.17, 15) is 0 Å². The monoisotopic (exact) mass is 489 g/mol. The Balaban J connectivity index is 0.00000225. The lowest BCUT2D eigenvalue weighted by molar-refractivity contribution is 0.734. The van der Waals surface area contributed by atoms with Gasteiger partial charge in [0.25, 0.3) is 0 Å². The fraction of sp³-hybridized carbons (Fsp3) is 0.167. The van der Waals surface area contributed by atoms with Crippen molar-refractivity contribution in [1.82, 2.24) is 40.0 Å². The normalized spacial score (nSPS) is 11.2. The van der Waals surface area contributed by atoms with Crippen LogP contribution in [0.3, 0.4) is 0 Å². The molecular weight excluding hydrogens is 469 g/mol. The van der Waals surface area contributed by atoms with E-state index in [1.54, 1.807) is 13.4 Å². The Morgan fingerprint density at radius 1 is 0.929 bits per heavy atom. The Kier molecular flexibility index (Phi) is 6.53. The third-order valence-corrected chi connectivity index (χ3v) is 4.09. The third kappa shape index (κ3) is 4.27. The Morgan fingerprint density at radius 3 is 2.46 bits per heavy atom. The molecule has 2 N–H and O–H groups in total. The Labute approximate surface area is 178 Å². The molecule has 0 spiro atoms. The average Bonchev–Trinajstić information content (AvgIpc) is 3.36. The summed E-state index contributed by atoms with van der Waals surface area (Å²) in [5.74, 6) is 2.24. The second kappa shape index (κ2) is 9.26. The van der Waals surface area contributed by atoms with Gasteiger partial charge in [-0.15, -0.1) is 44.4 Å². The van der Waals surface area contributed by atoms with Crippen molar-refractivity contribution in [3.05, 3.63) is 72.7 Å². The van der Waals surface area contributed by atoms with Crippen LogP contribution in [-0.2, 0) is 13.1 Å². The summed E-state index contributed by atoms with van der Waals surface area (Å²) in [4.78, 5) is 4.25. The summed E-state index contributed by atoms with van der Waals surface area (Å²) in [7, 11) is 1.72. The molecule has 0 unspecified atom stereocenters. The average molecular weight is 489 g/mol. The predicted octanol–water partition coefficient (Wildman–Crippen LogP) is 1.79. The highest BCUT2D eigenvalue weighted by atomic mass is 127. The number of rotatable bonds is 5. The number of nitrogens with zero attached hydrogens (tertiary/aromatic N) is 7. The molecule has 9 nitrogen and oxygen atoms in total. The van der Waals surface area contributed by atoms with Crippen molar-refractivity contribution in [3.63, 3.8) is 0 Å². The van der Waals surface area contributed by atoms with E-state index in [1.807, 2.05) is 63.7 Å². The van der Waals surface area contributed by atoms with Gasteiger partial charge in [0, 0.05) is 18.9 Å². The highest BCUT2D eigenvalue weighted by Crippen LogP contribution is 2.08. The quantitative estimate of drug-likeness (QED) is 0.252. The van der Waals surface area contributed by atoms with Crippen molar-refractivity contribution in [2.45, 2.75) is 13.1 Å². The fourth-order valence-corrected chi connectivity index (χ4v) is 2.74. The summed E-state index contributed by atoms with van der Waals surface area (Å²) in [5.41, 5.74) is 1.82. The van der Waals surface area contributed by atoms with E-state index in [2.05, 4.69) is 36.0 Å². The van der Waals surface area contributed by atoms with Gasteiger partial charge in [-0.2, -0.15) is 0 Å². The molecule has 0 saturated heterocycles. The van der Waals surface area contributed by atoms with E-state index < -0.39 is 0 Å². The summed E-state index contributed by atoms with van der Waals surface area (Å²) in [6.07, 6.45) is 3.63. The molecule has 3 heterocycles. The zero-order valence-electron chi connectivity index (χ0n) is 15.2. The first kappa shape index (κ1) is 19.7. The Bertz CT molecular complexity index is 1060. The molecule has 0 saturated carbocycles. The van der Waals surface area contributed by atoms with Crippen LogP contribution in [0.25, 0.3) is 11.3 Å². The van der Waals surface area contributed by atoms with Crippen LogP contribution in [0.2, 0.25) is 0 Å². The van der Waals surface area contributed by atoms with E-state index in [4.69, 9.17) is 0 Å². The molecule has 0 bridgehead atoms. The molecular formula is C18H20IN9. The van der Waals surface area contributed by atoms with Crippen LogP contribution in [0.4, 0.5) is 0 Å². The van der Waals surface area contributed by atoms with E-state index in [0.29, 0.717) is 19.0 Å². The molecule has 0 radical (unpaired) electrons. The number of nitrogens with one attached hydrogen (secondary N) is 2. The number of para-hydroxylation sites is 1. The summed E-state index contributed by atoms with van der Waals surface area (Å²) in [6, 6.07) is 15.8. The van der Waals surface area contributed by atoms with Gasteiger partial charge in [-0.05, 0) is 24.3 Å². The Morgan fingerprint density at radius 2 is 1.68 bits per heavy atom. The van der Waals surface area contributed by atoms with Crippen molar-refractivity contribution in [2.24, 2.45) is 4.99 Å². The first-order valence-electron chi connectivity index (χ1n) is 8.52. The van der Waals surface area contributed by atoms with Crippen LogP contribution in [0.15, 0.2) is 66.0 Å². The van der Waals surface area contributed by atoms with Crippen molar-refractivity contribution in [2.75, 3.05) is 7.05 Å². The summed E-state index contributed by atoms with van der Waals surface area (Å²) in [6.45, 7) is 0.978. The summed E-state index contributed by atoms with van der Waals surface area (Å²) >= 11 is 0. The number of benzene rings is 1. The van der Waals surface area contributed by atoms with Crippen LogP contribution in [0.1, 0.15) is 11.6 Å². The van der Waals surface area contributed by atoms with Crippen molar-refractivity contribution < 1.29 is 0 Å². The molecule has 28 heavy (non-hydrogen) atoms. The standard InChI is InChI=1S/C18H19N9.HI/c1-19-18(21-12-17-25-24-15-9-5-6-10-26(15)17)20-11-16-23-22-13-27(16)14-7-3-2-4-8-14;/h2-10,13H,11-12H2,1H3,(H2,19,20,21);1H. The van der Waals surface area contributed by atoms with Gasteiger partial charge >= 0.3 is 0 Å². The van der Waals surface area contributed by atoms with Gasteiger partial charge < -0.3 is 10.6 Å². The van der Waals surface area contributed by atoms with Crippen molar-refractivity contribution in [3.8, 4) is 5.69 Å². The molecule has 4 rings (SSSR count). The van der Waals surface area contributed by atoms with E-state index in [0.717, 1.165) is 23.0 Å². The summed E-state index contributed by atoms with van der Waals surface area (Å²) in [5, 5.41) is 23.1. The van der Waals surface area contributed by atoms with Gasteiger partial charge in [-0.3, -0.25) is 14.0 Å². The second-order valence-electron chi connectivity index (χ2n) is 5.78. The number of pyridine rings is 1. The molecule has 4 aromatic rings. The van der Waals surface area contributed by atoms with Crippen molar-refractivity contribution in [1.29, 1.82) is 0 Å². The lowest BCUT2D eigenvalue weighted by atomic mass is 10.3. The van der Waals surface area contributed by atoms with Gasteiger partial charge in [-0.1, -0.05) is 24.3 Å². The van der Waals surface area contributed by atoms with Crippen LogP contribution in [0.5, 0.6) is 0 Å². The molecule has 0 aliphatic carbocycles. The molecule has 0 atom stereocenters. The first-order chi connectivity index (χ1) is 13.3. The topological polar surface area (TPSA) is 97.3 Å². The molecule has 3 aromatic heterocycles. The van der Waals surface area contributed by atoms with Gasteiger partial charge in [0.15, 0.2) is 23.3 Å². The fourth-order valence-electron chi connectivity index (χ4n) is 2.74. The van der Waals surface area contributed by atoms with Crippen molar-refractivity contribution >= 4 is 35.6 Å². The highest BCUT2D eigenvalue weighted by molar-refractivity contribution is 14.0. The minimum atomic E-state index is 0. The largest absolute Gasteiger partial charge is 0.349 e. The maximum Gasteiger partial charge on any atom is 0.191 e. The SMILES string of the molecule is CN=C(NCc1nncn1-c1ccccc1)NCc1nnc2ccccn12.I. The zero-order chi connectivity index (χ0) is 18.5. The number of fused-ring (bicyclic) bond motifs is 1. The number of hydrogen-bond donors (Lipinski definition) is 2. The first-order valence-corrected chi connectivity index (χ1v) is 8.52. The molecule has 10 heteroatoms. The van der Waals surface area contributed by atoms with Gasteiger partial charge in [-0.25, -0.2) is 0 Å². The smallest absolute Gasteiger partial charge is 0.191 e. The maximum atomic E-state index is 4.25. The van der Waals surface area contributed by atoms with Crippen LogP contribution < -0.4 is 10.6 Å². The zero-order valence-corrected chi connectivity index (χ0v) is 17.6. The lowest BCUT2D eigenvalue weighted by Gasteiger charge is -2.12. The number of halogens is 1. The molecule has 1 aromatic carbocycles. The van der Waals surface area contributed by atoms with Crippen LogP contribution in [0, 0.1) is 0 Å². The highest BCUT2D eigenvalue weighted by Gasteiger charge is 2.09. The number of hydrogen-bond acceptors (Lipinski definition) is 5. The molecule has 0 fully saturated rings. The lowest BCUT2D eigenvalue weighted by Crippen LogP contribution is -2.37. The Hall–Kier alpha value is -3.02.